The summed E-state index contributed by atoms with van der Waals surface area (Å²) < 4.78 is 27.5. The maximum absolute atomic E-state index is 12.4. The predicted molar refractivity (Wildman–Crippen MR) is 88.6 cm³/mol. The molecule has 0 bridgehead atoms. The van der Waals surface area contributed by atoms with Crippen LogP contribution in [0.2, 0.25) is 5.02 Å². The number of halogens is 1. The highest BCUT2D eigenvalue weighted by molar-refractivity contribution is 7.93. The van der Waals surface area contributed by atoms with Gasteiger partial charge in [0.15, 0.2) is 0 Å². The van der Waals surface area contributed by atoms with Crippen molar-refractivity contribution in [1.82, 2.24) is 5.32 Å². The molecule has 0 fully saturated rings. The van der Waals surface area contributed by atoms with Gasteiger partial charge in [-0.1, -0.05) is 25.4 Å². The Morgan fingerprint density at radius 2 is 1.86 bits per heavy atom. The van der Waals surface area contributed by atoms with Gasteiger partial charge in [-0.2, -0.15) is 0 Å². The number of rotatable bonds is 6. The van der Waals surface area contributed by atoms with Gasteiger partial charge in [0.25, 0.3) is 10.0 Å². The lowest BCUT2D eigenvalue weighted by molar-refractivity contribution is 0.581. The van der Waals surface area contributed by atoms with E-state index in [-0.39, 0.29) is 0 Å². The van der Waals surface area contributed by atoms with E-state index in [1.165, 1.54) is 11.3 Å². The number of anilines is 1. The molecule has 0 spiro atoms. The standard InChI is InChI=1S/C14H17ClN2O2S2/c1-10(2)16-9-13-14(7-8-20-13)21(18,19)17-12-5-3-11(15)4-6-12/h3-8,10,16-17H,9H2,1-2H3. The van der Waals surface area contributed by atoms with Crippen LogP contribution in [0, 0.1) is 0 Å². The zero-order valence-electron chi connectivity index (χ0n) is 11.8. The van der Waals surface area contributed by atoms with Gasteiger partial charge in [-0.05, 0) is 35.7 Å². The second-order valence-corrected chi connectivity index (χ2v) is 7.94. The maximum Gasteiger partial charge on any atom is 0.263 e. The van der Waals surface area contributed by atoms with Crippen LogP contribution in [0.25, 0.3) is 0 Å². The van der Waals surface area contributed by atoms with Crippen molar-refractivity contribution in [2.24, 2.45) is 0 Å². The van der Waals surface area contributed by atoms with Crippen molar-refractivity contribution >= 4 is 38.6 Å². The van der Waals surface area contributed by atoms with Gasteiger partial charge in [0, 0.05) is 28.2 Å². The lowest BCUT2D eigenvalue weighted by atomic mass is 10.3. The van der Waals surface area contributed by atoms with Gasteiger partial charge in [-0.3, -0.25) is 4.72 Å². The van der Waals surface area contributed by atoms with Crippen LogP contribution in [0.5, 0.6) is 0 Å². The fourth-order valence-electron chi connectivity index (χ4n) is 1.72. The Bertz CT molecular complexity index is 694. The number of nitrogens with one attached hydrogen (secondary N) is 2. The van der Waals surface area contributed by atoms with Crippen LogP contribution >= 0.6 is 22.9 Å². The van der Waals surface area contributed by atoms with Crippen molar-refractivity contribution in [1.29, 1.82) is 0 Å². The lowest BCUT2D eigenvalue weighted by Crippen LogP contribution is -2.23. The van der Waals surface area contributed by atoms with Crippen molar-refractivity contribution in [3.05, 3.63) is 45.6 Å². The van der Waals surface area contributed by atoms with Gasteiger partial charge < -0.3 is 5.32 Å². The molecule has 0 atom stereocenters. The van der Waals surface area contributed by atoms with Crippen molar-refractivity contribution in [3.8, 4) is 0 Å². The molecule has 1 heterocycles. The maximum atomic E-state index is 12.4. The molecule has 2 N–H and O–H groups in total. The van der Waals surface area contributed by atoms with Crippen LogP contribution in [-0.2, 0) is 16.6 Å². The molecule has 4 nitrogen and oxygen atoms in total. The molecule has 0 unspecified atom stereocenters. The van der Waals surface area contributed by atoms with Gasteiger partial charge in [0.05, 0.1) is 0 Å². The smallest absolute Gasteiger partial charge is 0.263 e. The molecule has 0 aliphatic carbocycles. The summed E-state index contributed by atoms with van der Waals surface area (Å²) in [5.74, 6) is 0. The van der Waals surface area contributed by atoms with Crippen LogP contribution in [0.15, 0.2) is 40.6 Å². The Morgan fingerprint density at radius 3 is 2.48 bits per heavy atom. The van der Waals surface area contributed by atoms with Crippen LogP contribution < -0.4 is 10.0 Å². The third-order valence-electron chi connectivity index (χ3n) is 2.76. The molecule has 0 saturated heterocycles. The molecule has 1 aromatic carbocycles. The monoisotopic (exact) mass is 344 g/mol. The Balaban J connectivity index is 2.19. The van der Waals surface area contributed by atoms with E-state index < -0.39 is 10.0 Å². The van der Waals surface area contributed by atoms with Crippen LogP contribution in [0.3, 0.4) is 0 Å². The zero-order chi connectivity index (χ0) is 15.5. The fraction of sp³-hybridized carbons (Fsp3) is 0.286. The summed E-state index contributed by atoms with van der Waals surface area (Å²) in [6.07, 6.45) is 0. The topological polar surface area (TPSA) is 58.2 Å². The molecule has 7 heteroatoms. The average Bonchev–Trinajstić information content (AvgIpc) is 2.88. The molecule has 114 valence electrons. The van der Waals surface area contributed by atoms with Crippen LogP contribution in [0.4, 0.5) is 5.69 Å². The summed E-state index contributed by atoms with van der Waals surface area (Å²) in [5.41, 5.74) is 0.494. The third-order valence-corrected chi connectivity index (χ3v) is 5.53. The minimum absolute atomic E-state index is 0.298. The van der Waals surface area contributed by atoms with Gasteiger partial charge in [0.2, 0.25) is 0 Å². The third kappa shape index (κ3) is 4.44. The quantitative estimate of drug-likeness (QED) is 0.840. The Kier molecular flexibility index (Phi) is 5.27. The molecule has 0 aliphatic heterocycles. The molecule has 0 radical (unpaired) electrons. The number of hydrogen-bond donors (Lipinski definition) is 2. The van der Waals surface area contributed by atoms with E-state index in [2.05, 4.69) is 10.0 Å². The van der Waals surface area contributed by atoms with E-state index in [1.807, 2.05) is 13.8 Å². The number of thiophene rings is 1. The highest BCUT2D eigenvalue weighted by Gasteiger charge is 2.19. The van der Waals surface area contributed by atoms with E-state index in [4.69, 9.17) is 11.6 Å². The van der Waals surface area contributed by atoms with E-state index in [0.29, 0.717) is 28.2 Å². The number of hydrogen-bond acceptors (Lipinski definition) is 4. The fourth-order valence-corrected chi connectivity index (χ4v) is 4.30. The van der Waals surface area contributed by atoms with Gasteiger partial charge in [-0.15, -0.1) is 11.3 Å². The normalized spacial score (nSPS) is 11.8. The van der Waals surface area contributed by atoms with Crippen LogP contribution in [0.1, 0.15) is 18.7 Å². The van der Waals surface area contributed by atoms with Crippen molar-refractivity contribution in [2.75, 3.05) is 4.72 Å². The SMILES string of the molecule is CC(C)NCc1sccc1S(=O)(=O)Nc1ccc(Cl)cc1. The molecule has 0 amide bonds. The highest BCUT2D eigenvalue weighted by atomic mass is 35.5. The summed E-state index contributed by atoms with van der Waals surface area (Å²) in [6, 6.07) is 8.49. The molecule has 2 rings (SSSR count). The first-order valence-corrected chi connectivity index (χ1v) is 9.21. The summed E-state index contributed by atoms with van der Waals surface area (Å²) in [4.78, 5) is 1.11. The van der Waals surface area contributed by atoms with E-state index >= 15 is 0 Å². The summed E-state index contributed by atoms with van der Waals surface area (Å²) >= 11 is 7.22. The first kappa shape index (κ1) is 16.3. The lowest BCUT2D eigenvalue weighted by Gasteiger charge is -2.11. The molecule has 2 aromatic rings. The second-order valence-electron chi connectivity index (χ2n) is 4.86. The Morgan fingerprint density at radius 1 is 1.19 bits per heavy atom. The molecule has 21 heavy (non-hydrogen) atoms. The average molecular weight is 345 g/mol. The summed E-state index contributed by atoms with van der Waals surface area (Å²) in [6.45, 7) is 4.58. The molecule has 0 saturated carbocycles. The van der Waals surface area contributed by atoms with Gasteiger partial charge >= 0.3 is 0 Å². The molecular formula is C14H17ClN2O2S2. The zero-order valence-corrected chi connectivity index (χ0v) is 14.1. The molecular weight excluding hydrogens is 328 g/mol. The first-order valence-electron chi connectivity index (χ1n) is 6.46. The predicted octanol–water partition coefficient (Wildman–Crippen LogP) is 3.70. The van der Waals surface area contributed by atoms with Crippen molar-refractivity contribution in [3.63, 3.8) is 0 Å². The van der Waals surface area contributed by atoms with E-state index in [9.17, 15) is 8.42 Å². The summed E-state index contributed by atoms with van der Waals surface area (Å²) in [7, 11) is -3.58. The van der Waals surface area contributed by atoms with Gasteiger partial charge in [-0.25, -0.2) is 8.42 Å². The van der Waals surface area contributed by atoms with Gasteiger partial charge in [0.1, 0.15) is 4.90 Å². The van der Waals surface area contributed by atoms with E-state index in [1.54, 1.807) is 35.7 Å². The number of sulfonamides is 1. The van der Waals surface area contributed by atoms with Crippen LogP contribution in [-0.4, -0.2) is 14.5 Å². The van der Waals surface area contributed by atoms with E-state index in [0.717, 1.165) is 4.88 Å². The van der Waals surface area contributed by atoms with Crippen molar-refractivity contribution in [2.45, 2.75) is 31.3 Å². The molecule has 1 aromatic heterocycles. The highest BCUT2D eigenvalue weighted by Crippen LogP contribution is 2.25. The second kappa shape index (κ2) is 6.79. The Labute approximate surface area is 134 Å². The number of benzene rings is 1. The summed E-state index contributed by atoms with van der Waals surface area (Å²) in [5, 5.41) is 5.58. The van der Waals surface area contributed by atoms with Crippen molar-refractivity contribution < 1.29 is 8.42 Å². The minimum atomic E-state index is -3.58. The Hall–Kier alpha value is -1.08. The largest absolute Gasteiger partial charge is 0.310 e. The molecule has 0 aliphatic rings. The first-order chi connectivity index (χ1) is 9.88. The minimum Gasteiger partial charge on any atom is -0.310 e.